The maximum Gasteiger partial charge on any atom is 0.330 e. The molecule has 0 aliphatic heterocycles. The van der Waals surface area contributed by atoms with Crippen molar-refractivity contribution in [2.24, 2.45) is 0 Å². The van der Waals surface area contributed by atoms with E-state index in [1.165, 1.54) is 13.2 Å². The van der Waals surface area contributed by atoms with Crippen molar-refractivity contribution in [3.8, 4) is 5.75 Å². The van der Waals surface area contributed by atoms with Crippen LogP contribution in [0.2, 0.25) is 0 Å². The van der Waals surface area contributed by atoms with Crippen LogP contribution >= 0.6 is 0 Å². The summed E-state index contributed by atoms with van der Waals surface area (Å²) in [5.41, 5.74) is 1.74. The largest absolute Gasteiger partial charge is 0.508 e. The fourth-order valence-electron chi connectivity index (χ4n) is 3.26. The van der Waals surface area contributed by atoms with Gasteiger partial charge >= 0.3 is 5.97 Å². The van der Waals surface area contributed by atoms with Crippen molar-refractivity contribution in [1.82, 2.24) is 0 Å². The summed E-state index contributed by atoms with van der Waals surface area (Å²) in [6.07, 6.45) is 9.92. The summed E-state index contributed by atoms with van der Waals surface area (Å²) in [6, 6.07) is 5.80. The summed E-state index contributed by atoms with van der Waals surface area (Å²) in [6.45, 7) is 14.5. The molecule has 0 spiro atoms. The average molecular weight is 403 g/mol. The third-order valence-electron chi connectivity index (χ3n) is 4.94. The number of aryl methyl sites for hydroxylation is 1. The lowest BCUT2D eigenvalue weighted by atomic mass is 9.73. The highest BCUT2D eigenvalue weighted by Crippen LogP contribution is 2.41. The van der Waals surface area contributed by atoms with Crippen LogP contribution in [0.15, 0.2) is 54.8 Å². The van der Waals surface area contributed by atoms with Crippen LogP contribution < -0.4 is 0 Å². The highest BCUT2D eigenvalue weighted by atomic mass is 16.5. The molecule has 0 atom stereocenters. The van der Waals surface area contributed by atoms with Gasteiger partial charge in [-0.25, -0.2) is 4.79 Å². The summed E-state index contributed by atoms with van der Waals surface area (Å²) < 4.78 is 10.7. The lowest BCUT2D eigenvalue weighted by Crippen LogP contribution is -2.29. The number of esters is 1. The fourth-order valence-corrected chi connectivity index (χ4v) is 3.26. The van der Waals surface area contributed by atoms with Crippen molar-refractivity contribution in [1.29, 1.82) is 0 Å². The van der Waals surface area contributed by atoms with Crippen LogP contribution in [0, 0.1) is 0 Å². The number of methoxy groups -OCH3 is 1. The van der Waals surface area contributed by atoms with E-state index in [1.807, 2.05) is 32.9 Å². The molecule has 4 nitrogen and oxygen atoms in total. The number of carbonyl (C=O) groups excluding carboxylic acids is 1. The van der Waals surface area contributed by atoms with E-state index >= 15 is 0 Å². The summed E-state index contributed by atoms with van der Waals surface area (Å²) in [5.74, 6) is 0.802. The van der Waals surface area contributed by atoms with Crippen LogP contribution in [0.4, 0.5) is 0 Å². The molecule has 0 aliphatic rings. The molecule has 0 bridgehead atoms. The molecule has 29 heavy (non-hydrogen) atoms. The number of phenols is 1. The van der Waals surface area contributed by atoms with Crippen LogP contribution in [0.25, 0.3) is 0 Å². The van der Waals surface area contributed by atoms with Crippen molar-refractivity contribution in [3.05, 3.63) is 66.0 Å². The Hall–Kier alpha value is -2.49. The van der Waals surface area contributed by atoms with Crippen molar-refractivity contribution in [3.63, 3.8) is 0 Å². The van der Waals surface area contributed by atoms with Gasteiger partial charge in [0.2, 0.25) is 0 Å². The van der Waals surface area contributed by atoms with Gasteiger partial charge in [0.25, 0.3) is 0 Å². The molecular formula is C25H38O4. The first-order valence-electron chi connectivity index (χ1n) is 10.5. The van der Waals surface area contributed by atoms with Gasteiger partial charge < -0.3 is 14.6 Å². The number of benzene rings is 1. The van der Waals surface area contributed by atoms with Crippen LogP contribution in [0.5, 0.6) is 5.75 Å². The topological polar surface area (TPSA) is 55.8 Å². The first kappa shape index (κ1) is 26.5. The number of hydrogen-bond donors (Lipinski definition) is 1. The van der Waals surface area contributed by atoms with Gasteiger partial charge in [-0.05, 0) is 49.0 Å². The minimum absolute atomic E-state index is 0.306. The summed E-state index contributed by atoms with van der Waals surface area (Å²) in [5, 5.41) is 10.1. The van der Waals surface area contributed by atoms with Gasteiger partial charge in [0.05, 0.1) is 12.5 Å². The summed E-state index contributed by atoms with van der Waals surface area (Å²) in [4.78, 5) is 11.3. The number of hydrogen-bond acceptors (Lipinski definition) is 4. The third-order valence-corrected chi connectivity index (χ3v) is 4.94. The SMILES string of the molecule is C=CCO/C(=C\C/C=C/C(=O)OC)C(CC)(CC)c1ccc(O)c(CC)c1.CC. The van der Waals surface area contributed by atoms with E-state index in [0.717, 1.165) is 36.1 Å². The molecule has 0 unspecified atom stereocenters. The van der Waals surface area contributed by atoms with E-state index in [-0.39, 0.29) is 11.4 Å². The quantitative estimate of drug-likeness (QED) is 0.206. The second-order valence-electron chi connectivity index (χ2n) is 6.32. The van der Waals surface area contributed by atoms with Gasteiger partial charge in [0.1, 0.15) is 18.1 Å². The van der Waals surface area contributed by atoms with Crippen molar-refractivity contribution in [2.75, 3.05) is 13.7 Å². The fraction of sp³-hybridized carbons (Fsp3) is 0.480. The second-order valence-corrected chi connectivity index (χ2v) is 6.32. The lowest BCUT2D eigenvalue weighted by molar-refractivity contribution is -0.134. The van der Waals surface area contributed by atoms with Crippen LogP contribution in [-0.4, -0.2) is 24.8 Å². The molecule has 0 saturated carbocycles. The first-order valence-corrected chi connectivity index (χ1v) is 10.5. The standard InChI is InChI=1S/C23H32O4.C2H6/c1-6-16-27-21(12-10-11-13-22(25)26-5)23(8-3,9-4)19-14-15-20(24)18(7-2)17-19;1-2/h6,11-15,17,24H,1,7-10,16H2,2-5H3;1-2H3/b13-11+,21-12-;. The average Bonchev–Trinajstić information content (AvgIpc) is 2.77. The molecule has 0 fully saturated rings. The number of rotatable bonds is 11. The Morgan fingerprint density at radius 3 is 2.38 bits per heavy atom. The van der Waals surface area contributed by atoms with E-state index in [4.69, 9.17) is 4.74 Å². The van der Waals surface area contributed by atoms with Crippen molar-refractivity contribution >= 4 is 5.97 Å². The molecule has 1 aromatic rings. The van der Waals surface area contributed by atoms with Crippen LogP contribution in [0.1, 0.15) is 65.0 Å². The highest BCUT2D eigenvalue weighted by Gasteiger charge is 2.34. The zero-order chi connectivity index (χ0) is 22.3. The molecule has 0 amide bonds. The predicted octanol–water partition coefficient (Wildman–Crippen LogP) is 6.24. The number of carbonyl (C=O) groups is 1. The third kappa shape index (κ3) is 7.45. The Morgan fingerprint density at radius 2 is 1.86 bits per heavy atom. The maximum absolute atomic E-state index is 11.3. The Balaban J connectivity index is 0.00000379. The Kier molecular flexibility index (Phi) is 13.3. The first-order chi connectivity index (χ1) is 14.0. The zero-order valence-corrected chi connectivity index (χ0v) is 19.0. The second kappa shape index (κ2) is 14.5. The van der Waals surface area contributed by atoms with Gasteiger partial charge in [-0.2, -0.15) is 0 Å². The number of allylic oxidation sites excluding steroid dienone is 3. The lowest BCUT2D eigenvalue weighted by Gasteiger charge is -2.35. The van der Waals surface area contributed by atoms with E-state index in [9.17, 15) is 9.90 Å². The van der Waals surface area contributed by atoms with Crippen molar-refractivity contribution in [2.45, 2.75) is 65.7 Å². The molecule has 1 rings (SSSR count). The van der Waals surface area contributed by atoms with Crippen LogP contribution in [-0.2, 0) is 26.1 Å². The molecule has 0 aromatic heterocycles. The Labute approximate surface area is 176 Å². The number of ether oxygens (including phenoxy) is 2. The number of aromatic hydroxyl groups is 1. The minimum atomic E-state index is -0.375. The maximum atomic E-state index is 11.3. The molecule has 0 heterocycles. The smallest absolute Gasteiger partial charge is 0.330 e. The zero-order valence-electron chi connectivity index (χ0n) is 19.0. The van der Waals surface area contributed by atoms with Gasteiger partial charge in [0, 0.05) is 6.08 Å². The molecule has 1 aromatic carbocycles. The Morgan fingerprint density at radius 1 is 1.21 bits per heavy atom. The Bertz CT molecular complexity index is 682. The monoisotopic (exact) mass is 402 g/mol. The molecule has 1 N–H and O–H groups in total. The number of phenolic OH excluding ortho intramolecular Hbond substituents is 1. The highest BCUT2D eigenvalue weighted by molar-refractivity contribution is 5.81. The van der Waals surface area contributed by atoms with Gasteiger partial charge in [0.15, 0.2) is 0 Å². The minimum Gasteiger partial charge on any atom is -0.508 e. The van der Waals surface area contributed by atoms with E-state index < -0.39 is 0 Å². The molecule has 0 saturated heterocycles. The van der Waals surface area contributed by atoms with E-state index in [1.54, 1.807) is 18.2 Å². The van der Waals surface area contributed by atoms with Crippen molar-refractivity contribution < 1.29 is 19.4 Å². The van der Waals surface area contributed by atoms with E-state index in [2.05, 4.69) is 31.2 Å². The predicted molar refractivity (Wildman–Crippen MR) is 121 cm³/mol. The molecule has 0 aliphatic carbocycles. The van der Waals surface area contributed by atoms with E-state index in [0.29, 0.717) is 18.8 Å². The molecular weight excluding hydrogens is 364 g/mol. The van der Waals surface area contributed by atoms with Gasteiger partial charge in [-0.1, -0.05) is 65.5 Å². The summed E-state index contributed by atoms with van der Waals surface area (Å²) in [7, 11) is 1.36. The molecule has 162 valence electrons. The normalized spacial score (nSPS) is 11.6. The molecule has 4 heteroatoms. The van der Waals surface area contributed by atoms with Gasteiger partial charge in [-0.15, -0.1) is 0 Å². The van der Waals surface area contributed by atoms with Gasteiger partial charge in [-0.3, -0.25) is 0 Å². The summed E-state index contributed by atoms with van der Waals surface area (Å²) >= 11 is 0. The molecule has 0 radical (unpaired) electrons. The van der Waals surface area contributed by atoms with Crippen LogP contribution in [0.3, 0.4) is 0 Å².